The Morgan fingerprint density at radius 1 is 1.28 bits per heavy atom. The van der Waals surface area contributed by atoms with E-state index in [0.717, 1.165) is 5.82 Å². The Balaban J connectivity index is 2.18. The topological polar surface area (TPSA) is 51.8 Å². The molecule has 0 aliphatic heterocycles. The second-order valence-corrected chi connectivity index (χ2v) is 5.76. The molecular formula is C15H25N3. The summed E-state index contributed by atoms with van der Waals surface area (Å²) in [5.74, 6) is 2.37. The Morgan fingerprint density at radius 3 is 2.61 bits per heavy atom. The van der Waals surface area contributed by atoms with Crippen molar-refractivity contribution in [3.05, 3.63) is 23.8 Å². The molecule has 0 radical (unpaired) electrons. The summed E-state index contributed by atoms with van der Waals surface area (Å²) < 4.78 is 0. The second kappa shape index (κ2) is 6.28. The number of nitrogens with two attached hydrogens (primary N) is 1. The molecule has 1 unspecified atom stereocenters. The van der Waals surface area contributed by atoms with Crippen LogP contribution in [0, 0.1) is 5.92 Å². The molecule has 0 saturated heterocycles. The van der Waals surface area contributed by atoms with Gasteiger partial charge in [0.05, 0.1) is 0 Å². The summed E-state index contributed by atoms with van der Waals surface area (Å²) in [5.41, 5.74) is 7.09. The summed E-state index contributed by atoms with van der Waals surface area (Å²) in [6.07, 6.45) is 8.54. The molecule has 1 fully saturated rings. The molecule has 0 amide bonds. The van der Waals surface area contributed by atoms with Gasteiger partial charge in [-0.3, -0.25) is 0 Å². The quantitative estimate of drug-likeness (QED) is 0.888. The first kappa shape index (κ1) is 13.5. The summed E-state index contributed by atoms with van der Waals surface area (Å²) in [6, 6.07) is 2.09. The van der Waals surface area contributed by atoms with Crippen LogP contribution >= 0.6 is 0 Å². The summed E-state index contributed by atoms with van der Waals surface area (Å²) >= 11 is 0. The van der Waals surface area contributed by atoms with Crippen molar-refractivity contribution in [2.45, 2.75) is 57.8 Å². The molecule has 1 atom stereocenters. The van der Waals surface area contributed by atoms with E-state index in [2.05, 4.69) is 24.9 Å². The van der Waals surface area contributed by atoms with E-state index >= 15 is 0 Å². The standard InChI is InChI=1S/C15H25N3/c1-11(2)13(10-16)15-17-9-8-14(18-15)12-6-4-3-5-7-12/h8-9,11-13H,3-7,10,16H2,1-2H3. The summed E-state index contributed by atoms with van der Waals surface area (Å²) in [7, 11) is 0. The number of nitrogens with zero attached hydrogens (tertiary/aromatic N) is 2. The van der Waals surface area contributed by atoms with E-state index in [0.29, 0.717) is 18.4 Å². The molecule has 0 aromatic carbocycles. The van der Waals surface area contributed by atoms with Gasteiger partial charge >= 0.3 is 0 Å². The lowest BCUT2D eigenvalue weighted by molar-refractivity contribution is 0.429. The SMILES string of the molecule is CC(C)C(CN)c1nccc(C2CCCCC2)n1. The van der Waals surface area contributed by atoms with Gasteiger partial charge in [0.15, 0.2) is 0 Å². The molecule has 18 heavy (non-hydrogen) atoms. The van der Waals surface area contributed by atoms with Crippen LogP contribution in [-0.2, 0) is 0 Å². The van der Waals surface area contributed by atoms with E-state index in [1.807, 2.05) is 6.20 Å². The molecule has 1 saturated carbocycles. The molecule has 100 valence electrons. The van der Waals surface area contributed by atoms with Gasteiger partial charge in [-0.15, -0.1) is 0 Å². The van der Waals surface area contributed by atoms with Gasteiger partial charge in [0.2, 0.25) is 0 Å². The minimum absolute atomic E-state index is 0.286. The summed E-state index contributed by atoms with van der Waals surface area (Å²) in [5, 5.41) is 0. The van der Waals surface area contributed by atoms with Gasteiger partial charge < -0.3 is 5.73 Å². The van der Waals surface area contributed by atoms with Crippen molar-refractivity contribution in [2.75, 3.05) is 6.54 Å². The van der Waals surface area contributed by atoms with Crippen LogP contribution in [0.3, 0.4) is 0 Å². The van der Waals surface area contributed by atoms with Crippen molar-refractivity contribution in [3.63, 3.8) is 0 Å². The van der Waals surface area contributed by atoms with Crippen LogP contribution in [0.1, 0.15) is 69.3 Å². The van der Waals surface area contributed by atoms with Crippen LogP contribution < -0.4 is 5.73 Å². The average Bonchev–Trinajstić information content (AvgIpc) is 2.40. The fraction of sp³-hybridized carbons (Fsp3) is 0.733. The van der Waals surface area contributed by atoms with Crippen molar-refractivity contribution < 1.29 is 0 Å². The molecule has 0 bridgehead atoms. The Kier molecular flexibility index (Phi) is 4.70. The number of hydrogen-bond acceptors (Lipinski definition) is 3. The second-order valence-electron chi connectivity index (χ2n) is 5.76. The largest absolute Gasteiger partial charge is 0.330 e. The van der Waals surface area contributed by atoms with Crippen molar-refractivity contribution in [1.82, 2.24) is 9.97 Å². The van der Waals surface area contributed by atoms with Crippen LogP contribution in [0.5, 0.6) is 0 Å². The van der Waals surface area contributed by atoms with Crippen LogP contribution in [0.2, 0.25) is 0 Å². The highest BCUT2D eigenvalue weighted by atomic mass is 14.9. The van der Waals surface area contributed by atoms with E-state index in [1.54, 1.807) is 0 Å². The van der Waals surface area contributed by atoms with Gasteiger partial charge in [-0.25, -0.2) is 9.97 Å². The molecule has 1 aromatic heterocycles. The maximum absolute atomic E-state index is 5.85. The predicted octanol–water partition coefficient (Wildman–Crippen LogP) is 3.22. The van der Waals surface area contributed by atoms with E-state index in [-0.39, 0.29) is 5.92 Å². The number of aromatic nitrogens is 2. The highest BCUT2D eigenvalue weighted by Crippen LogP contribution is 2.32. The van der Waals surface area contributed by atoms with Crippen molar-refractivity contribution in [2.24, 2.45) is 11.7 Å². The minimum Gasteiger partial charge on any atom is -0.330 e. The van der Waals surface area contributed by atoms with Crippen molar-refractivity contribution >= 4 is 0 Å². The smallest absolute Gasteiger partial charge is 0.133 e. The summed E-state index contributed by atoms with van der Waals surface area (Å²) in [6.45, 7) is 5.01. The van der Waals surface area contributed by atoms with Crippen molar-refractivity contribution in [3.8, 4) is 0 Å². The maximum Gasteiger partial charge on any atom is 0.133 e. The highest BCUT2D eigenvalue weighted by Gasteiger charge is 2.21. The average molecular weight is 247 g/mol. The third kappa shape index (κ3) is 3.08. The van der Waals surface area contributed by atoms with Gasteiger partial charge in [0.1, 0.15) is 5.82 Å². The lowest BCUT2D eigenvalue weighted by Gasteiger charge is -2.23. The zero-order valence-electron chi connectivity index (χ0n) is 11.6. The maximum atomic E-state index is 5.85. The van der Waals surface area contributed by atoms with E-state index < -0.39 is 0 Å². The van der Waals surface area contributed by atoms with Crippen LogP contribution in [0.15, 0.2) is 12.3 Å². The van der Waals surface area contributed by atoms with E-state index in [1.165, 1.54) is 37.8 Å². The fourth-order valence-corrected chi connectivity index (χ4v) is 2.87. The molecule has 3 nitrogen and oxygen atoms in total. The minimum atomic E-state index is 0.286. The molecule has 2 N–H and O–H groups in total. The summed E-state index contributed by atoms with van der Waals surface area (Å²) in [4.78, 5) is 9.23. The molecule has 1 aromatic rings. The van der Waals surface area contributed by atoms with E-state index in [9.17, 15) is 0 Å². The Bertz CT molecular complexity index is 370. The first-order chi connectivity index (χ1) is 8.72. The Morgan fingerprint density at radius 2 is 2.00 bits per heavy atom. The van der Waals surface area contributed by atoms with Gasteiger partial charge in [-0.05, 0) is 24.8 Å². The molecule has 1 aliphatic carbocycles. The van der Waals surface area contributed by atoms with Crippen LogP contribution in [0.4, 0.5) is 0 Å². The number of hydrogen-bond donors (Lipinski definition) is 1. The Labute approximate surface area is 110 Å². The zero-order chi connectivity index (χ0) is 13.0. The predicted molar refractivity (Wildman–Crippen MR) is 74.5 cm³/mol. The first-order valence-electron chi connectivity index (χ1n) is 7.25. The third-order valence-corrected chi connectivity index (χ3v) is 4.11. The fourth-order valence-electron chi connectivity index (χ4n) is 2.87. The lowest BCUT2D eigenvalue weighted by atomic mass is 9.86. The molecule has 3 heteroatoms. The van der Waals surface area contributed by atoms with Gasteiger partial charge in [-0.1, -0.05) is 33.1 Å². The van der Waals surface area contributed by atoms with Crippen molar-refractivity contribution in [1.29, 1.82) is 0 Å². The van der Waals surface area contributed by atoms with Crippen LogP contribution in [0.25, 0.3) is 0 Å². The molecule has 1 heterocycles. The number of rotatable bonds is 4. The van der Waals surface area contributed by atoms with Gasteiger partial charge in [0, 0.05) is 30.3 Å². The van der Waals surface area contributed by atoms with Gasteiger partial charge in [0.25, 0.3) is 0 Å². The van der Waals surface area contributed by atoms with Crippen LogP contribution in [-0.4, -0.2) is 16.5 Å². The molecule has 2 rings (SSSR count). The highest BCUT2D eigenvalue weighted by molar-refractivity contribution is 5.12. The third-order valence-electron chi connectivity index (χ3n) is 4.11. The molecular weight excluding hydrogens is 222 g/mol. The Hall–Kier alpha value is -0.960. The molecule has 0 spiro atoms. The normalized spacial score (nSPS) is 19.1. The zero-order valence-corrected chi connectivity index (χ0v) is 11.6. The monoisotopic (exact) mass is 247 g/mol. The van der Waals surface area contributed by atoms with Gasteiger partial charge in [-0.2, -0.15) is 0 Å². The first-order valence-corrected chi connectivity index (χ1v) is 7.25. The lowest BCUT2D eigenvalue weighted by Crippen LogP contribution is -2.21. The van der Waals surface area contributed by atoms with E-state index in [4.69, 9.17) is 10.7 Å². The molecule has 1 aliphatic rings.